The fourth-order valence-electron chi connectivity index (χ4n) is 3.99. The van der Waals surface area contributed by atoms with Gasteiger partial charge >= 0.3 is 6.18 Å². The van der Waals surface area contributed by atoms with Crippen LogP contribution in [0.15, 0.2) is 18.2 Å². The predicted molar refractivity (Wildman–Crippen MR) is 108 cm³/mol. The minimum Gasteiger partial charge on any atom is -0.378 e. The van der Waals surface area contributed by atoms with Gasteiger partial charge in [-0.05, 0) is 25.0 Å². The molecule has 0 radical (unpaired) electrons. The van der Waals surface area contributed by atoms with Gasteiger partial charge in [0.25, 0.3) is 5.69 Å². The molecule has 3 rings (SSSR count). The Morgan fingerprint density at radius 3 is 2.38 bits per heavy atom. The van der Waals surface area contributed by atoms with E-state index in [-0.39, 0.29) is 43.1 Å². The van der Waals surface area contributed by atoms with Crippen molar-refractivity contribution < 1.29 is 32.4 Å². The minimum absolute atomic E-state index is 0.0383. The molecule has 2 aliphatic rings. The summed E-state index contributed by atoms with van der Waals surface area (Å²) in [6, 6.07) is 2.47. The lowest BCUT2D eigenvalue weighted by Crippen LogP contribution is -2.48. The zero-order valence-electron chi connectivity index (χ0n) is 17.6. The zero-order valence-corrected chi connectivity index (χ0v) is 17.6. The molecule has 0 saturated carbocycles. The second-order valence-electron chi connectivity index (χ2n) is 7.91. The molecule has 2 fully saturated rings. The number of carbonyl (C=O) groups excluding carboxylic acids is 2. The summed E-state index contributed by atoms with van der Waals surface area (Å²) in [6.07, 6.45) is -3.91. The van der Waals surface area contributed by atoms with E-state index in [9.17, 15) is 32.9 Å². The van der Waals surface area contributed by atoms with Gasteiger partial charge in [0, 0.05) is 45.2 Å². The second-order valence-corrected chi connectivity index (χ2v) is 7.91. The van der Waals surface area contributed by atoms with Crippen molar-refractivity contribution in [1.82, 2.24) is 9.80 Å². The Morgan fingerprint density at radius 2 is 1.81 bits per heavy atom. The lowest BCUT2D eigenvalue weighted by Gasteiger charge is -2.35. The number of benzene rings is 1. The first-order valence-electron chi connectivity index (χ1n) is 10.3. The number of rotatable bonds is 5. The lowest BCUT2D eigenvalue weighted by atomic mass is 9.94. The Morgan fingerprint density at radius 1 is 1.19 bits per heavy atom. The van der Waals surface area contributed by atoms with E-state index in [0.29, 0.717) is 45.2 Å². The number of halogens is 3. The standard InChI is InChI=1S/C20H25F3N4O5/c1-24(13-18(28)26-8-10-32-11-9-26)19(29)14-4-6-25(7-5-14)16-3-2-15(20(21,22)23)12-17(16)27(30)31/h2-3,12,14H,4-11,13H2,1H3. The molecule has 176 valence electrons. The number of likely N-dealkylation sites (N-methyl/N-ethyl adjacent to an activating group) is 1. The number of alkyl halides is 3. The van der Waals surface area contributed by atoms with E-state index in [0.717, 1.165) is 12.1 Å². The molecule has 32 heavy (non-hydrogen) atoms. The summed E-state index contributed by atoms with van der Waals surface area (Å²) >= 11 is 0. The summed E-state index contributed by atoms with van der Waals surface area (Å²) in [7, 11) is 1.56. The molecule has 0 unspecified atom stereocenters. The van der Waals surface area contributed by atoms with Crippen LogP contribution < -0.4 is 4.90 Å². The number of nitro benzene ring substituents is 1. The normalized spacial score (nSPS) is 17.9. The molecule has 1 aromatic rings. The topological polar surface area (TPSA) is 96.2 Å². The Bertz CT molecular complexity index is 865. The third-order valence-electron chi connectivity index (χ3n) is 5.80. The summed E-state index contributed by atoms with van der Waals surface area (Å²) in [5, 5.41) is 11.3. The van der Waals surface area contributed by atoms with Gasteiger partial charge in [0.05, 0.1) is 30.2 Å². The Balaban J connectivity index is 1.60. The summed E-state index contributed by atoms with van der Waals surface area (Å²) in [5.41, 5.74) is -1.59. The molecule has 2 saturated heterocycles. The number of nitrogens with zero attached hydrogens (tertiary/aromatic N) is 4. The molecule has 2 heterocycles. The Hall–Kier alpha value is -2.89. The van der Waals surface area contributed by atoms with Crippen LogP contribution in [0, 0.1) is 16.0 Å². The van der Waals surface area contributed by atoms with Crippen molar-refractivity contribution in [2.24, 2.45) is 5.92 Å². The van der Waals surface area contributed by atoms with Gasteiger partial charge in [-0.1, -0.05) is 0 Å². The van der Waals surface area contributed by atoms with E-state index in [1.165, 1.54) is 4.90 Å². The lowest BCUT2D eigenvalue weighted by molar-refractivity contribution is -0.384. The number of amides is 2. The molecule has 2 aliphatic heterocycles. The first-order chi connectivity index (χ1) is 15.1. The van der Waals surface area contributed by atoms with Gasteiger partial charge in [-0.3, -0.25) is 19.7 Å². The first-order valence-corrected chi connectivity index (χ1v) is 10.3. The second kappa shape index (κ2) is 9.72. The molecule has 0 aromatic heterocycles. The van der Waals surface area contributed by atoms with Crippen LogP contribution in [0.1, 0.15) is 18.4 Å². The summed E-state index contributed by atoms with van der Waals surface area (Å²) < 4.78 is 44.0. The monoisotopic (exact) mass is 458 g/mol. The van der Waals surface area contributed by atoms with Crippen LogP contribution in [0.5, 0.6) is 0 Å². The number of hydrogen-bond donors (Lipinski definition) is 0. The van der Waals surface area contributed by atoms with Gasteiger partial charge in [0.2, 0.25) is 11.8 Å². The van der Waals surface area contributed by atoms with Crippen molar-refractivity contribution in [3.8, 4) is 0 Å². The highest BCUT2D eigenvalue weighted by Crippen LogP contribution is 2.37. The highest BCUT2D eigenvalue weighted by atomic mass is 19.4. The van der Waals surface area contributed by atoms with Crippen molar-refractivity contribution >= 4 is 23.2 Å². The van der Waals surface area contributed by atoms with Crippen LogP contribution in [0.2, 0.25) is 0 Å². The average molecular weight is 458 g/mol. The van der Waals surface area contributed by atoms with Gasteiger partial charge in [-0.25, -0.2) is 0 Å². The number of nitro groups is 1. The molecule has 0 atom stereocenters. The SMILES string of the molecule is CN(CC(=O)N1CCOCC1)C(=O)C1CCN(c2ccc(C(F)(F)F)cc2[N+](=O)[O-])CC1. The van der Waals surface area contributed by atoms with E-state index in [2.05, 4.69) is 0 Å². The first kappa shape index (κ1) is 23.8. The largest absolute Gasteiger partial charge is 0.416 e. The van der Waals surface area contributed by atoms with Crippen LogP contribution in [0.25, 0.3) is 0 Å². The molecule has 2 amide bonds. The van der Waals surface area contributed by atoms with E-state index in [4.69, 9.17) is 4.74 Å². The maximum absolute atomic E-state index is 12.9. The number of morpholine rings is 1. The molecule has 0 spiro atoms. The van der Waals surface area contributed by atoms with Crippen LogP contribution in [0.3, 0.4) is 0 Å². The Labute approximate surface area is 182 Å². The van der Waals surface area contributed by atoms with Gasteiger partial charge in [0.15, 0.2) is 0 Å². The number of hydrogen-bond acceptors (Lipinski definition) is 6. The zero-order chi connectivity index (χ0) is 23.5. The van der Waals surface area contributed by atoms with Gasteiger partial charge in [-0.15, -0.1) is 0 Å². The maximum atomic E-state index is 12.9. The predicted octanol–water partition coefficient (Wildman–Crippen LogP) is 2.15. The van der Waals surface area contributed by atoms with Crippen molar-refractivity contribution in [3.63, 3.8) is 0 Å². The molecule has 0 N–H and O–H groups in total. The smallest absolute Gasteiger partial charge is 0.378 e. The fraction of sp³-hybridized carbons (Fsp3) is 0.600. The van der Waals surface area contributed by atoms with Crippen LogP contribution in [-0.2, 0) is 20.5 Å². The molecule has 0 aliphatic carbocycles. The third kappa shape index (κ3) is 5.47. The van der Waals surface area contributed by atoms with Crippen molar-refractivity contribution in [2.45, 2.75) is 19.0 Å². The van der Waals surface area contributed by atoms with E-state index < -0.39 is 22.4 Å². The maximum Gasteiger partial charge on any atom is 0.416 e. The van der Waals surface area contributed by atoms with Crippen LogP contribution in [-0.4, -0.2) is 79.5 Å². The highest BCUT2D eigenvalue weighted by Gasteiger charge is 2.35. The number of piperidine rings is 1. The molecular weight excluding hydrogens is 433 g/mol. The molecule has 12 heteroatoms. The van der Waals surface area contributed by atoms with Gasteiger partial charge in [0.1, 0.15) is 5.69 Å². The minimum atomic E-state index is -4.67. The Kier molecular flexibility index (Phi) is 7.22. The molecular formula is C20H25F3N4O5. The van der Waals surface area contributed by atoms with Crippen molar-refractivity contribution in [2.75, 3.05) is 57.9 Å². The van der Waals surface area contributed by atoms with Crippen molar-refractivity contribution in [3.05, 3.63) is 33.9 Å². The van der Waals surface area contributed by atoms with Gasteiger partial charge < -0.3 is 19.4 Å². The van der Waals surface area contributed by atoms with Crippen LogP contribution in [0.4, 0.5) is 24.5 Å². The average Bonchev–Trinajstić information content (AvgIpc) is 2.78. The number of carbonyl (C=O) groups is 2. The highest BCUT2D eigenvalue weighted by molar-refractivity contribution is 5.86. The van der Waals surface area contributed by atoms with Gasteiger partial charge in [-0.2, -0.15) is 13.2 Å². The summed E-state index contributed by atoms with van der Waals surface area (Å²) in [4.78, 5) is 40.3. The number of ether oxygens (including phenoxy) is 1. The third-order valence-corrected chi connectivity index (χ3v) is 5.80. The summed E-state index contributed by atoms with van der Waals surface area (Å²) in [6.45, 7) is 2.46. The fourth-order valence-corrected chi connectivity index (χ4v) is 3.99. The van der Waals surface area contributed by atoms with Crippen molar-refractivity contribution in [1.29, 1.82) is 0 Å². The number of anilines is 1. The quantitative estimate of drug-likeness (QED) is 0.496. The van der Waals surface area contributed by atoms with E-state index in [1.807, 2.05) is 0 Å². The summed E-state index contributed by atoms with van der Waals surface area (Å²) in [5.74, 6) is -0.697. The molecule has 0 bridgehead atoms. The van der Waals surface area contributed by atoms with E-state index in [1.54, 1.807) is 16.8 Å². The van der Waals surface area contributed by atoms with E-state index >= 15 is 0 Å². The molecule has 9 nitrogen and oxygen atoms in total. The molecule has 1 aromatic carbocycles. The van der Waals surface area contributed by atoms with Crippen LogP contribution >= 0.6 is 0 Å².